The van der Waals surface area contributed by atoms with Crippen molar-refractivity contribution in [2.24, 2.45) is 5.10 Å². The first-order chi connectivity index (χ1) is 15.5. The number of hydrogen-bond acceptors (Lipinski definition) is 4. The minimum Gasteiger partial charge on any atom is -0.494 e. The van der Waals surface area contributed by atoms with E-state index in [0.717, 1.165) is 33.5 Å². The number of pyridine rings is 1. The molecular formula is C27H25N3O2. The maximum atomic E-state index is 13.1. The van der Waals surface area contributed by atoms with Crippen LogP contribution in [0.15, 0.2) is 84.0 Å². The van der Waals surface area contributed by atoms with Gasteiger partial charge < -0.3 is 4.74 Å². The van der Waals surface area contributed by atoms with E-state index < -0.39 is 0 Å². The van der Waals surface area contributed by atoms with Crippen LogP contribution in [-0.4, -0.2) is 23.2 Å². The molecule has 1 N–H and O–H groups in total. The summed E-state index contributed by atoms with van der Waals surface area (Å²) in [6, 6.07) is 25.2. The predicted molar refractivity (Wildman–Crippen MR) is 129 cm³/mol. The summed E-state index contributed by atoms with van der Waals surface area (Å²) in [5, 5.41) is 5.11. The fourth-order valence-electron chi connectivity index (χ4n) is 3.45. The lowest BCUT2D eigenvalue weighted by Crippen LogP contribution is -2.20. The number of benzene rings is 3. The number of hydrazone groups is 1. The Kier molecular flexibility index (Phi) is 6.26. The largest absolute Gasteiger partial charge is 0.494 e. The summed E-state index contributed by atoms with van der Waals surface area (Å²) >= 11 is 0. The lowest BCUT2D eigenvalue weighted by atomic mass is 10.0. The molecule has 0 aliphatic carbocycles. The van der Waals surface area contributed by atoms with Crippen LogP contribution in [0.25, 0.3) is 22.2 Å². The molecule has 0 saturated carbocycles. The number of nitrogens with one attached hydrogen (secondary N) is 1. The van der Waals surface area contributed by atoms with E-state index in [2.05, 4.69) is 10.5 Å². The Labute approximate surface area is 187 Å². The fourth-order valence-corrected chi connectivity index (χ4v) is 3.45. The minimum atomic E-state index is -0.276. The highest BCUT2D eigenvalue weighted by Crippen LogP contribution is 2.25. The third-order valence-corrected chi connectivity index (χ3v) is 5.22. The van der Waals surface area contributed by atoms with Gasteiger partial charge in [0.2, 0.25) is 0 Å². The van der Waals surface area contributed by atoms with Gasteiger partial charge in [-0.2, -0.15) is 5.10 Å². The average Bonchev–Trinajstić information content (AvgIpc) is 2.82. The summed E-state index contributed by atoms with van der Waals surface area (Å²) in [4.78, 5) is 17.9. The van der Waals surface area contributed by atoms with Gasteiger partial charge in [-0.25, -0.2) is 10.4 Å². The lowest BCUT2D eigenvalue weighted by molar-refractivity contribution is 0.0956. The van der Waals surface area contributed by atoms with Gasteiger partial charge in [-0.05, 0) is 62.7 Å². The number of para-hydroxylation sites is 1. The second-order valence-corrected chi connectivity index (χ2v) is 7.53. The van der Waals surface area contributed by atoms with Crippen molar-refractivity contribution in [2.75, 3.05) is 6.61 Å². The Morgan fingerprint density at radius 1 is 1.00 bits per heavy atom. The molecule has 1 heterocycles. The van der Waals surface area contributed by atoms with Crippen LogP contribution in [0.5, 0.6) is 5.75 Å². The van der Waals surface area contributed by atoms with Crippen molar-refractivity contribution >= 4 is 22.5 Å². The monoisotopic (exact) mass is 423 g/mol. The molecular weight excluding hydrogens is 398 g/mol. The van der Waals surface area contributed by atoms with E-state index >= 15 is 0 Å². The average molecular weight is 424 g/mol. The van der Waals surface area contributed by atoms with Gasteiger partial charge in [-0.3, -0.25) is 4.79 Å². The van der Waals surface area contributed by atoms with E-state index in [1.165, 1.54) is 5.56 Å². The minimum absolute atomic E-state index is 0.276. The zero-order valence-corrected chi connectivity index (χ0v) is 18.4. The Balaban J connectivity index is 1.63. The molecule has 160 valence electrons. The number of ether oxygens (including phenoxy) is 1. The molecule has 32 heavy (non-hydrogen) atoms. The summed E-state index contributed by atoms with van der Waals surface area (Å²) in [5.74, 6) is 0.530. The Bertz CT molecular complexity index is 1280. The Morgan fingerprint density at radius 3 is 2.44 bits per heavy atom. The van der Waals surface area contributed by atoms with Crippen LogP contribution in [0.2, 0.25) is 0 Å². The Hall–Kier alpha value is -3.99. The van der Waals surface area contributed by atoms with Crippen molar-refractivity contribution in [1.29, 1.82) is 0 Å². The standard InChI is InChI=1S/C27H25N3O2/c1-4-32-22-15-13-20(14-16-22)19(3)29-30-27(31)24-17-26(21-11-9-18(2)10-12-21)28-25-8-6-5-7-23(24)25/h5-17H,4H2,1-3H3,(H,30,31). The van der Waals surface area contributed by atoms with E-state index in [4.69, 9.17) is 9.72 Å². The zero-order valence-electron chi connectivity index (χ0n) is 18.4. The van der Waals surface area contributed by atoms with Crippen LogP contribution in [0.4, 0.5) is 0 Å². The first kappa shape index (κ1) is 21.2. The summed E-state index contributed by atoms with van der Waals surface area (Å²) in [6.07, 6.45) is 0. The van der Waals surface area contributed by atoms with Gasteiger partial charge in [0.25, 0.3) is 5.91 Å². The van der Waals surface area contributed by atoms with E-state index in [9.17, 15) is 4.79 Å². The van der Waals surface area contributed by atoms with Crippen molar-refractivity contribution < 1.29 is 9.53 Å². The van der Waals surface area contributed by atoms with Crippen molar-refractivity contribution in [2.45, 2.75) is 20.8 Å². The first-order valence-electron chi connectivity index (χ1n) is 10.6. The molecule has 0 saturated heterocycles. The van der Waals surface area contributed by atoms with Gasteiger partial charge >= 0.3 is 0 Å². The molecule has 4 rings (SSSR count). The molecule has 1 amide bonds. The first-order valence-corrected chi connectivity index (χ1v) is 10.6. The number of hydrogen-bond donors (Lipinski definition) is 1. The maximum Gasteiger partial charge on any atom is 0.272 e. The van der Waals surface area contributed by atoms with Crippen LogP contribution in [0.1, 0.15) is 35.3 Å². The summed E-state index contributed by atoms with van der Waals surface area (Å²) in [5.41, 5.74) is 8.51. The highest BCUT2D eigenvalue weighted by atomic mass is 16.5. The highest BCUT2D eigenvalue weighted by Gasteiger charge is 2.14. The quantitative estimate of drug-likeness (QED) is 0.317. The van der Waals surface area contributed by atoms with E-state index in [1.807, 2.05) is 99.6 Å². The van der Waals surface area contributed by atoms with E-state index in [-0.39, 0.29) is 5.91 Å². The molecule has 0 atom stereocenters. The molecule has 5 heteroatoms. The van der Waals surface area contributed by atoms with Crippen LogP contribution in [-0.2, 0) is 0 Å². The third-order valence-electron chi connectivity index (χ3n) is 5.22. The lowest BCUT2D eigenvalue weighted by Gasteiger charge is -2.10. The van der Waals surface area contributed by atoms with Crippen LogP contribution in [0.3, 0.4) is 0 Å². The van der Waals surface area contributed by atoms with Crippen LogP contribution in [0, 0.1) is 6.92 Å². The second kappa shape index (κ2) is 9.43. The van der Waals surface area contributed by atoms with Crippen molar-refractivity contribution in [1.82, 2.24) is 10.4 Å². The Morgan fingerprint density at radius 2 is 1.72 bits per heavy atom. The van der Waals surface area contributed by atoms with Gasteiger partial charge in [0.05, 0.1) is 29.1 Å². The van der Waals surface area contributed by atoms with Crippen molar-refractivity contribution in [3.8, 4) is 17.0 Å². The number of nitrogens with zero attached hydrogens (tertiary/aromatic N) is 2. The van der Waals surface area contributed by atoms with E-state index in [1.54, 1.807) is 0 Å². The number of carbonyl (C=O) groups excluding carboxylic acids is 1. The van der Waals surface area contributed by atoms with Gasteiger partial charge in [0.15, 0.2) is 0 Å². The number of aromatic nitrogens is 1. The molecule has 1 aromatic heterocycles. The highest BCUT2D eigenvalue weighted by molar-refractivity contribution is 6.08. The van der Waals surface area contributed by atoms with E-state index in [0.29, 0.717) is 17.9 Å². The smallest absolute Gasteiger partial charge is 0.272 e. The van der Waals surface area contributed by atoms with Crippen molar-refractivity contribution in [3.05, 3.63) is 95.6 Å². The van der Waals surface area contributed by atoms with Gasteiger partial charge in [0, 0.05) is 10.9 Å². The summed E-state index contributed by atoms with van der Waals surface area (Å²) < 4.78 is 5.48. The third kappa shape index (κ3) is 4.67. The molecule has 0 aliphatic rings. The molecule has 0 unspecified atom stereocenters. The van der Waals surface area contributed by atoms with Crippen molar-refractivity contribution in [3.63, 3.8) is 0 Å². The molecule has 0 fully saturated rings. The van der Waals surface area contributed by atoms with Gasteiger partial charge in [0.1, 0.15) is 5.75 Å². The molecule has 0 radical (unpaired) electrons. The molecule has 3 aromatic carbocycles. The van der Waals surface area contributed by atoms with Gasteiger partial charge in [-0.15, -0.1) is 0 Å². The van der Waals surface area contributed by atoms with Crippen LogP contribution < -0.4 is 10.2 Å². The topological polar surface area (TPSA) is 63.6 Å². The molecule has 0 bridgehead atoms. The number of rotatable bonds is 6. The molecule has 4 aromatic rings. The summed E-state index contributed by atoms with van der Waals surface area (Å²) in [6.45, 7) is 6.47. The maximum absolute atomic E-state index is 13.1. The number of fused-ring (bicyclic) bond motifs is 1. The fraction of sp³-hybridized carbons (Fsp3) is 0.148. The normalized spacial score (nSPS) is 11.4. The number of aryl methyl sites for hydroxylation is 1. The van der Waals surface area contributed by atoms with Crippen LogP contribution >= 0.6 is 0 Å². The van der Waals surface area contributed by atoms with Gasteiger partial charge in [-0.1, -0.05) is 48.0 Å². The molecule has 0 spiro atoms. The second-order valence-electron chi connectivity index (χ2n) is 7.53. The number of carbonyl (C=O) groups is 1. The number of amides is 1. The summed E-state index contributed by atoms with van der Waals surface area (Å²) in [7, 11) is 0. The zero-order chi connectivity index (χ0) is 22.5. The molecule has 0 aliphatic heterocycles. The predicted octanol–water partition coefficient (Wildman–Crippen LogP) is 5.76. The SMILES string of the molecule is CCOc1ccc(C(C)=NNC(=O)c2cc(-c3ccc(C)cc3)nc3ccccc23)cc1. The molecule has 5 nitrogen and oxygen atoms in total.